The van der Waals surface area contributed by atoms with Gasteiger partial charge < -0.3 is 20.0 Å². The number of carboxylic acid groups (broad SMARTS) is 1. The number of aliphatic hydroxyl groups is 1. The number of nitrogens with zero attached hydrogens (tertiary/aromatic N) is 4. The van der Waals surface area contributed by atoms with Crippen LogP contribution in [0.3, 0.4) is 0 Å². The summed E-state index contributed by atoms with van der Waals surface area (Å²) in [5.41, 5.74) is -1.48. The second-order valence-corrected chi connectivity index (χ2v) is 8.34. The SMILES string of the molecule is C[C@@H]1N(c2nc(N3C[C@@H]4C(CC(=O)O)[C@@H]4C3)cc(C(F)F)c2C#N)C[C@@]1(C)O. The molecule has 7 nitrogen and oxygen atoms in total. The Morgan fingerprint density at radius 3 is 2.57 bits per heavy atom. The van der Waals surface area contributed by atoms with Crippen molar-refractivity contribution in [2.45, 2.75) is 38.3 Å². The second-order valence-electron chi connectivity index (χ2n) is 8.34. The molecule has 0 spiro atoms. The zero-order chi connectivity index (χ0) is 20.4. The molecule has 2 aliphatic heterocycles. The number of nitriles is 1. The Labute approximate surface area is 161 Å². The quantitative estimate of drug-likeness (QED) is 0.790. The summed E-state index contributed by atoms with van der Waals surface area (Å²) in [5.74, 6) is 0.378. The fraction of sp³-hybridized carbons (Fsp3) is 0.632. The summed E-state index contributed by atoms with van der Waals surface area (Å²) in [7, 11) is 0. The molecule has 0 aromatic carbocycles. The minimum Gasteiger partial charge on any atom is -0.481 e. The van der Waals surface area contributed by atoms with Crippen LogP contribution in [-0.4, -0.2) is 52.4 Å². The largest absolute Gasteiger partial charge is 0.481 e. The average molecular weight is 392 g/mol. The lowest BCUT2D eigenvalue weighted by Gasteiger charge is -2.52. The van der Waals surface area contributed by atoms with E-state index in [1.54, 1.807) is 18.7 Å². The van der Waals surface area contributed by atoms with E-state index in [1.807, 2.05) is 11.0 Å². The number of anilines is 2. The third-order valence-corrected chi connectivity index (χ3v) is 6.60. The predicted molar refractivity (Wildman–Crippen MR) is 96.3 cm³/mol. The van der Waals surface area contributed by atoms with Crippen molar-refractivity contribution < 1.29 is 23.8 Å². The molecule has 3 heterocycles. The molecular weight excluding hydrogens is 370 g/mol. The number of carboxylic acids is 1. The minimum atomic E-state index is -2.82. The summed E-state index contributed by atoms with van der Waals surface area (Å²) >= 11 is 0. The molecule has 2 N–H and O–H groups in total. The number of alkyl halides is 2. The van der Waals surface area contributed by atoms with E-state index in [2.05, 4.69) is 4.98 Å². The van der Waals surface area contributed by atoms with Crippen LogP contribution in [0, 0.1) is 29.1 Å². The van der Waals surface area contributed by atoms with E-state index in [1.165, 1.54) is 6.07 Å². The molecule has 3 aliphatic rings. The third kappa shape index (κ3) is 2.87. The number of aliphatic carboxylic acids is 1. The highest BCUT2D eigenvalue weighted by atomic mass is 19.3. The van der Waals surface area contributed by atoms with Gasteiger partial charge in [-0.1, -0.05) is 0 Å². The van der Waals surface area contributed by atoms with E-state index in [9.17, 15) is 23.9 Å². The first-order valence-corrected chi connectivity index (χ1v) is 9.33. The third-order valence-electron chi connectivity index (χ3n) is 6.60. The molecule has 9 heteroatoms. The highest BCUT2D eigenvalue weighted by Gasteiger charge is 2.56. The van der Waals surface area contributed by atoms with E-state index < -0.39 is 18.0 Å². The topological polar surface area (TPSA) is 101 Å². The summed E-state index contributed by atoms with van der Waals surface area (Å²) < 4.78 is 27.3. The van der Waals surface area contributed by atoms with Gasteiger partial charge in [0.05, 0.1) is 18.2 Å². The Morgan fingerprint density at radius 2 is 2.11 bits per heavy atom. The molecular formula is C19H22F2N4O3. The first-order valence-electron chi connectivity index (χ1n) is 9.33. The molecule has 1 aliphatic carbocycles. The first-order chi connectivity index (χ1) is 13.1. The minimum absolute atomic E-state index is 0.137. The zero-order valence-electron chi connectivity index (χ0n) is 15.6. The van der Waals surface area contributed by atoms with E-state index in [4.69, 9.17) is 5.11 Å². The number of pyridine rings is 1. The maximum atomic E-state index is 13.7. The lowest BCUT2D eigenvalue weighted by atomic mass is 9.86. The van der Waals surface area contributed by atoms with Gasteiger partial charge in [-0.15, -0.1) is 0 Å². The number of hydrogen-bond donors (Lipinski definition) is 2. The fourth-order valence-electron chi connectivity index (χ4n) is 4.63. The summed E-state index contributed by atoms with van der Waals surface area (Å²) in [6.45, 7) is 4.80. The Kier molecular flexibility index (Phi) is 4.23. The molecule has 1 aromatic heterocycles. The molecule has 1 saturated carbocycles. The van der Waals surface area contributed by atoms with Gasteiger partial charge in [0.25, 0.3) is 6.43 Å². The molecule has 1 aromatic rings. The molecule has 0 amide bonds. The number of aromatic nitrogens is 1. The van der Waals surface area contributed by atoms with Crippen LogP contribution in [0.15, 0.2) is 6.07 Å². The molecule has 5 atom stereocenters. The Hall–Kier alpha value is -2.47. The molecule has 0 radical (unpaired) electrons. The van der Waals surface area contributed by atoms with Gasteiger partial charge in [0, 0.05) is 25.1 Å². The lowest BCUT2D eigenvalue weighted by Crippen LogP contribution is -2.67. The van der Waals surface area contributed by atoms with Gasteiger partial charge >= 0.3 is 5.97 Å². The highest BCUT2D eigenvalue weighted by molar-refractivity contribution is 5.68. The smallest absolute Gasteiger partial charge is 0.303 e. The zero-order valence-corrected chi connectivity index (χ0v) is 15.6. The lowest BCUT2D eigenvalue weighted by molar-refractivity contribution is -0.137. The molecule has 4 rings (SSSR count). The van der Waals surface area contributed by atoms with Gasteiger partial charge in [-0.25, -0.2) is 13.8 Å². The molecule has 1 unspecified atom stereocenters. The molecule has 3 fully saturated rings. The molecule has 2 saturated heterocycles. The monoisotopic (exact) mass is 392 g/mol. The van der Waals surface area contributed by atoms with Gasteiger partial charge in [0.1, 0.15) is 23.3 Å². The number of carbonyl (C=O) groups is 1. The predicted octanol–water partition coefficient (Wildman–Crippen LogP) is 2.01. The van der Waals surface area contributed by atoms with Crippen molar-refractivity contribution in [1.29, 1.82) is 5.26 Å². The van der Waals surface area contributed by atoms with Crippen molar-refractivity contribution in [2.75, 3.05) is 29.4 Å². The number of hydrogen-bond acceptors (Lipinski definition) is 6. The molecule has 0 bridgehead atoms. The van der Waals surface area contributed by atoms with Crippen LogP contribution in [0.2, 0.25) is 0 Å². The van der Waals surface area contributed by atoms with Gasteiger partial charge in [0.15, 0.2) is 0 Å². The summed E-state index contributed by atoms with van der Waals surface area (Å²) in [5, 5.41) is 28.6. The van der Waals surface area contributed by atoms with Crippen molar-refractivity contribution in [3.63, 3.8) is 0 Å². The fourth-order valence-corrected chi connectivity index (χ4v) is 4.63. The van der Waals surface area contributed by atoms with Crippen LogP contribution in [0.25, 0.3) is 0 Å². The van der Waals surface area contributed by atoms with Gasteiger partial charge in [-0.05, 0) is 37.7 Å². The van der Waals surface area contributed by atoms with Crippen molar-refractivity contribution >= 4 is 17.6 Å². The van der Waals surface area contributed by atoms with Crippen LogP contribution in [0.4, 0.5) is 20.4 Å². The molecule has 150 valence electrons. The van der Waals surface area contributed by atoms with E-state index in [0.29, 0.717) is 18.9 Å². The van der Waals surface area contributed by atoms with Crippen molar-refractivity contribution in [3.05, 3.63) is 17.2 Å². The van der Waals surface area contributed by atoms with Crippen molar-refractivity contribution in [3.8, 4) is 6.07 Å². The van der Waals surface area contributed by atoms with Crippen molar-refractivity contribution in [1.82, 2.24) is 4.98 Å². The van der Waals surface area contributed by atoms with Crippen LogP contribution in [0.5, 0.6) is 0 Å². The maximum Gasteiger partial charge on any atom is 0.303 e. The second kappa shape index (κ2) is 6.27. The number of piperidine rings is 1. The standard InChI is InChI=1S/C19H22F2N4O3/c1-9-19(2,28)8-25(9)18-12(5-22)11(17(20)21)3-15(23-18)24-6-13-10(4-16(26)27)14(13)7-24/h3,9-10,13-14,17,28H,4,6-8H2,1-2H3,(H,26,27)/t9-,10?,13-,14+,19+/m0/s1. The molecule has 28 heavy (non-hydrogen) atoms. The Balaban J connectivity index is 1.63. The van der Waals surface area contributed by atoms with Crippen LogP contribution in [0.1, 0.15) is 37.8 Å². The number of halogens is 2. The van der Waals surface area contributed by atoms with E-state index in [0.717, 1.165) is 0 Å². The van der Waals surface area contributed by atoms with Gasteiger partial charge in [-0.2, -0.15) is 5.26 Å². The average Bonchev–Trinajstić information content (AvgIpc) is 3.06. The van der Waals surface area contributed by atoms with E-state index >= 15 is 0 Å². The maximum absolute atomic E-state index is 13.7. The summed E-state index contributed by atoms with van der Waals surface area (Å²) in [6, 6.07) is 2.78. The Morgan fingerprint density at radius 1 is 1.46 bits per heavy atom. The van der Waals surface area contributed by atoms with Crippen molar-refractivity contribution in [2.24, 2.45) is 17.8 Å². The first kappa shape index (κ1) is 18.9. The normalized spacial score (nSPS) is 33.5. The summed E-state index contributed by atoms with van der Waals surface area (Å²) in [4.78, 5) is 19.0. The Bertz CT molecular complexity index is 857. The number of rotatable bonds is 5. The van der Waals surface area contributed by atoms with E-state index in [-0.39, 0.29) is 53.7 Å². The van der Waals surface area contributed by atoms with Crippen LogP contribution >= 0.6 is 0 Å². The number of β-amino-alcohol motifs (C(OH)–C–C–N with tert-alkyl or cyclic N) is 1. The highest BCUT2D eigenvalue weighted by Crippen LogP contribution is 2.54. The van der Waals surface area contributed by atoms with Gasteiger partial charge in [-0.3, -0.25) is 4.79 Å². The number of fused-ring (bicyclic) bond motifs is 1. The van der Waals surface area contributed by atoms with Crippen LogP contribution < -0.4 is 9.80 Å². The van der Waals surface area contributed by atoms with Gasteiger partial charge in [0.2, 0.25) is 0 Å². The van der Waals surface area contributed by atoms with Crippen LogP contribution in [-0.2, 0) is 4.79 Å². The summed E-state index contributed by atoms with van der Waals surface area (Å²) in [6.07, 6.45) is -2.68.